The average molecular weight is 334 g/mol. The van der Waals surface area contributed by atoms with Crippen LogP contribution in [0, 0.1) is 5.92 Å². The Hall–Kier alpha value is -2.80. The first-order valence-corrected chi connectivity index (χ1v) is 8.60. The number of hydrogen-bond donors (Lipinski definition) is 2. The molecule has 5 rings (SSSR count). The first-order chi connectivity index (χ1) is 12.3. The van der Waals surface area contributed by atoms with Crippen LogP contribution in [-0.2, 0) is 17.9 Å². The van der Waals surface area contributed by atoms with Crippen LogP contribution < -0.4 is 10.6 Å². The molecule has 0 aromatic carbocycles. The van der Waals surface area contributed by atoms with Crippen molar-refractivity contribution in [1.29, 1.82) is 0 Å². The van der Waals surface area contributed by atoms with E-state index in [2.05, 4.69) is 36.2 Å². The monoisotopic (exact) mass is 334 g/mol. The van der Waals surface area contributed by atoms with Crippen molar-refractivity contribution in [3.8, 4) is 11.3 Å². The van der Waals surface area contributed by atoms with Crippen molar-refractivity contribution in [3.05, 3.63) is 36.5 Å². The maximum Gasteiger partial charge on any atom is 0.228 e. The van der Waals surface area contributed by atoms with Gasteiger partial charge in [-0.2, -0.15) is 0 Å². The largest absolute Gasteiger partial charge is 0.326 e. The van der Waals surface area contributed by atoms with Crippen LogP contribution >= 0.6 is 0 Å². The van der Waals surface area contributed by atoms with Gasteiger partial charge in [0.05, 0.1) is 30.1 Å². The van der Waals surface area contributed by atoms with E-state index in [1.165, 1.54) is 0 Å². The second-order valence-electron chi connectivity index (χ2n) is 6.64. The smallest absolute Gasteiger partial charge is 0.228 e. The van der Waals surface area contributed by atoms with E-state index in [0.29, 0.717) is 5.82 Å². The lowest BCUT2D eigenvalue weighted by Crippen LogP contribution is -2.28. The zero-order valence-electron chi connectivity index (χ0n) is 13.7. The van der Waals surface area contributed by atoms with Crippen molar-refractivity contribution in [2.24, 2.45) is 5.92 Å². The van der Waals surface area contributed by atoms with Gasteiger partial charge in [-0.05, 0) is 25.0 Å². The van der Waals surface area contributed by atoms with E-state index < -0.39 is 0 Å². The molecule has 0 radical (unpaired) electrons. The highest BCUT2D eigenvalue weighted by Gasteiger charge is 2.29. The van der Waals surface area contributed by atoms with Crippen LogP contribution in [-0.4, -0.2) is 32.0 Å². The summed E-state index contributed by atoms with van der Waals surface area (Å²) in [6.07, 6.45) is 7.43. The number of nitrogens with zero attached hydrogens (tertiary/aromatic N) is 4. The molecule has 7 heteroatoms. The number of aromatic nitrogens is 4. The van der Waals surface area contributed by atoms with Crippen LogP contribution in [0.5, 0.6) is 0 Å². The normalized spacial score (nSPS) is 16.6. The van der Waals surface area contributed by atoms with E-state index in [4.69, 9.17) is 0 Å². The van der Waals surface area contributed by atoms with Crippen molar-refractivity contribution >= 4 is 22.6 Å². The summed E-state index contributed by atoms with van der Waals surface area (Å²) in [5.74, 6) is 1.86. The molecule has 0 saturated heterocycles. The van der Waals surface area contributed by atoms with Gasteiger partial charge in [0.2, 0.25) is 5.91 Å². The Morgan fingerprint density at radius 2 is 2.08 bits per heavy atom. The molecule has 3 aromatic heterocycles. The van der Waals surface area contributed by atoms with E-state index in [9.17, 15) is 4.79 Å². The molecule has 4 heterocycles. The van der Waals surface area contributed by atoms with Gasteiger partial charge in [0.15, 0.2) is 0 Å². The molecule has 0 atom stereocenters. The van der Waals surface area contributed by atoms with E-state index in [1.54, 1.807) is 6.20 Å². The maximum absolute atomic E-state index is 11.9. The number of carbonyl (C=O) groups excluding carboxylic acids is 1. The number of hydrogen-bond acceptors (Lipinski definition) is 5. The predicted octanol–water partition coefficient (Wildman–Crippen LogP) is 1.94. The Morgan fingerprint density at radius 3 is 2.96 bits per heavy atom. The van der Waals surface area contributed by atoms with Crippen molar-refractivity contribution in [3.63, 3.8) is 0 Å². The van der Waals surface area contributed by atoms with Crippen molar-refractivity contribution in [1.82, 2.24) is 24.8 Å². The fourth-order valence-electron chi connectivity index (χ4n) is 3.24. The highest BCUT2D eigenvalue weighted by Crippen LogP contribution is 2.30. The van der Waals surface area contributed by atoms with Gasteiger partial charge in [0.1, 0.15) is 11.6 Å². The average Bonchev–Trinajstić information content (AvgIpc) is 3.41. The molecular weight excluding hydrogens is 316 g/mol. The maximum atomic E-state index is 11.9. The zero-order valence-corrected chi connectivity index (χ0v) is 13.7. The minimum Gasteiger partial charge on any atom is -0.326 e. The van der Waals surface area contributed by atoms with Crippen molar-refractivity contribution < 1.29 is 4.79 Å². The van der Waals surface area contributed by atoms with Gasteiger partial charge < -0.3 is 15.2 Å². The molecule has 1 aliphatic carbocycles. The number of rotatable bonds is 3. The van der Waals surface area contributed by atoms with Gasteiger partial charge in [-0.3, -0.25) is 9.78 Å². The van der Waals surface area contributed by atoms with Crippen LogP contribution in [0.3, 0.4) is 0 Å². The minimum absolute atomic E-state index is 0.0633. The second-order valence-corrected chi connectivity index (χ2v) is 6.64. The van der Waals surface area contributed by atoms with Crippen LogP contribution in [0.2, 0.25) is 0 Å². The van der Waals surface area contributed by atoms with Gasteiger partial charge in [0.25, 0.3) is 0 Å². The summed E-state index contributed by atoms with van der Waals surface area (Å²) in [6.45, 7) is 2.64. The van der Waals surface area contributed by atoms with E-state index in [-0.39, 0.29) is 11.8 Å². The molecule has 1 amide bonds. The standard InChI is InChI=1S/C18H18N6O/c25-18(11-1-2-11)23-16-6-12-5-13(7-20-14(12)8-21-16)15-9-22-17-10-19-3-4-24(15)17/h5-9,11,19H,1-4,10H2,(H,21,23,25). The first-order valence-electron chi connectivity index (χ1n) is 8.60. The summed E-state index contributed by atoms with van der Waals surface area (Å²) in [5, 5.41) is 7.19. The van der Waals surface area contributed by atoms with Crippen LogP contribution in [0.15, 0.2) is 30.7 Å². The van der Waals surface area contributed by atoms with E-state index in [0.717, 1.165) is 60.5 Å². The Morgan fingerprint density at radius 1 is 1.16 bits per heavy atom. The second kappa shape index (κ2) is 5.63. The first kappa shape index (κ1) is 14.5. The van der Waals surface area contributed by atoms with Gasteiger partial charge in [-0.1, -0.05) is 0 Å². The molecule has 25 heavy (non-hydrogen) atoms. The Labute approximate surface area is 144 Å². The zero-order chi connectivity index (χ0) is 16.8. The third-order valence-electron chi connectivity index (χ3n) is 4.80. The number of pyridine rings is 2. The highest BCUT2D eigenvalue weighted by atomic mass is 16.2. The number of fused-ring (bicyclic) bond motifs is 2. The SMILES string of the molecule is O=C(Nc1cc2cc(-c3cnc4n3CCNC4)cnc2cn1)C1CC1. The molecular formula is C18H18N6O. The molecule has 0 spiro atoms. The fourth-order valence-corrected chi connectivity index (χ4v) is 3.24. The molecule has 0 bridgehead atoms. The minimum atomic E-state index is 0.0633. The van der Waals surface area contributed by atoms with Gasteiger partial charge in [-0.15, -0.1) is 0 Å². The molecule has 3 aromatic rings. The van der Waals surface area contributed by atoms with Gasteiger partial charge in [-0.25, -0.2) is 9.97 Å². The number of amides is 1. The van der Waals surface area contributed by atoms with Crippen LogP contribution in [0.4, 0.5) is 5.82 Å². The molecule has 1 saturated carbocycles. The molecule has 126 valence electrons. The van der Waals surface area contributed by atoms with E-state index in [1.807, 2.05) is 18.5 Å². The molecule has 0 unspecified atom stereocenters. The summed E-state index contributed by atoms with van der Waals surface area (Å²) in [7, 11) is 0. The summed E-state index contributed by atoms with van der Waals surface area (Å²) >= 11 is 0. The Bertz CT molecular complexity index is 975. The Kier molecular flexibility index (Phi) is 3.27. The summed E-state index contributed by atoms with van der Waals surface area (Å²) in [6, 6.07) is 3.98. The molecule has 2 aliphatic rings. The topological polar surface area (TPSA) is 84.7 Å². The van der Waals surface area contributed by atoms with Gasteiger partial charge >= 0.3 is 0 Å². The lowest BCUT2D eigenvalue weighted by Gasteiger charge is -2.17. The molecule has 7 nitrogen and oxygen atoms in total. The predicted molar refractivity (Wildman–Crippen MR) is 93.8 cm³/mol. The highest BCUT2D eigenvalue weighted by molar-refractivity contribution is 5.95. The number of carbonyl (C=O) groups is 1. The lowest BCUT2D eigenvalue weighted by molar-refractivity contribution is -0.117. The Balaban J connectivity index is 1.51. The van der Waals surface area contributed by atoms with Crippen molar-refractivity contribution in [2.75, 3.05) is 11.9 Å². The number of nitrogens with one attached hydrogen (secondary N) is 2. The quantitative estimate of drug-likeness (QED) is 0.765. The summed E-state index contributed by atoms with van der Waals surface area (Å²) < 4.78 is 2.23. The van der Waals surface area contributed by atoms with Crippen molar-refractivity contribution in [2.45, 2.75) is 25.9 Å². The lowest BCUT2D eigenvalue weighted by atomic mass is 10.1. The van der Waals surface area contributed by atoms with Crippen LogP contribution in [0.25, 0.3) is 22.2 Å². The summed E-state index contributed by atoms with van der Waals surface area (Å²) in [4.78, 5) is 25.3. The van der Waals surface area contributed by atoms with E-state index >= 15 is 0 Å². The molecule has 1 fully saturated rings. The third-order valence-corrected chi connectivity index (χ3v) is 4.80. The molecule has 2 N–H and O–H groups in total. The fraction of sp³-hybridized carbons (Fsp3) is 0.333. The molecule has 1 aliphatic heterocycles. The van der Waals surface area contributed by atoms with Gasteiger partial charge in [0, 0.05) is 36.2 Å². The number of imidazole rings is 1. The summed E-state index contributed by atoms with van der Waals surface area (Å²) in [5.41, 5.74) is 2.92. The third kappa shape index (κ3) is 2.66. The number of anilines is 1. The van der Waals surface area contributed by atoms with Crippen LogP contribution in [0.1, 0.15) is 18.7 Å².